The van der Waals surface area contributed by atoms with E-state index < -0.39 is 0 Å². The van der Waals surface area contributed by atoms with Crippen LogP contribution in [0.25, 0.3) is 0 Å². The van der Waals surface area contributed by atoms with E-state index in [9.17, 15) is 0 Å². The average Bonchev–Trinajstić information content (AvgIpc) is 2.69. The van der Waals surface area contributed by atoms with E-state index in [0.717, 1.165) is 44.7 Å². The molecular weight excluding hydrogens is 318 g/mol. The van der Waals surface area contributed by atoms with Gasteiger partial charge in [0.05, 0.1) is 12.9 Å². The second-order valence-electron chi connectivity index (χ2n) is 6.81. The van der Waals surface area contributed by atoms with Crippen LogP contribution in [0.5, 0.6) is 0 Å². The van der Waals surface area contributed by atoms with Gasteiger partial charge in [-0.05, 0) is 23.3 Å². The van der Waals surface area contributed by atoms with Crippen LogP contribution in [-0.4, -0.2) is 42.3 Å². The molecule has 3 nitrogen and oxygen atoms in total. The Morgan fingerprint density at radius 3 is 2.50 bits per heavy atom. The zero-order valence-corrected chi connectivity index (χ0v) is 14.9. The van der Waals surface area contributed by atoms with Crippen LogP contribution >= 0.6 is 0 Å². The molecule has 0 bridgehead atoms. The predicted octanol–water partition coefficient (Wildman–Crippen LogP) is 3.54. The number of benzene rings is 2. The second kappa shape index (κ2) is 8.03. The highest BCUT2D eigenvalue weighted by Crippen LogP contribution is 2.23. The number of hydrogen-bond acceptors (Lipinski definition) is 3. The topological polar surface area (TPSA) is 18.8 Å². The van der Waals surface area contributed by atoms with Gasteiger partial charge in [-0.1, -0.05) is 60.4 Å². The molecule has 0 unspecified atom stereocenters. The second-order valence-corrected chi connectivity index (χ2v) is 6.81. The Hall–Kier alpha value is -2.83. The highest BCUT2D eigenvalue weighted by molar-refractivity contribution is 5.60. The first-order valence-electron chi connectivity index (χ1n) is 9.16. The summed E-state index contributed by atoms with van der Waals surface area (Å²) in [4.78, 5) is 9.44. The summed E-state index contributed by atoms with van der Waals surface area (Å²) in [6, 6.07) is 20.8. The molecule has 0 amide bonds. The maximum Gasteiger partial charge on any atom is 0.0914 e. The molecule has 2 aliphatic heterocycles. The van der Waals surface area contributed by atoms with Gasteiger partial charge in [0.2, 0.25) is 0 Å². The van der Waals surface area contributed by atoms with Gasteiger partial charge in [0.25, 0.3) is 0 Å². The highest BCUT2D eigenvalue weighted by Gasteiger charge is 2.22. The van der Waals surface area contributed by atoms with Crippen molar-refractivity contribution in [3.63, 3.8) is 0 Å². The van der Waals surface area contributed by atoms with Gasteiger partial charge in [0.1, 0.15) is 0 Å². The fourth-order valence-electron chi connectivity index (χ4n) is 3.44. The zero-order valence-electron chi connectivity index (χ0n) is 14.9. The summed E-state index contributed by atoms with van der Waals surface area (Å²) in [6.45, 7) is 4.71. The van der Waals surface area contributed by atoms with Crippen LogP contribution in [0.4, 0.5) is 0 Å². The van der Waals surface area contributed by atoms with Gasteiger partial charge in [-0.25, -0.2) is 4.99 Å². The molecule has 0 aromatic heterocycles. The van der Waals surface area contributed by atoms with Crippen LogP contribution < -0.4 is 0 Å². The molecule has 0 fully saturated rings. The number of nitrogens with zero attached hydrogens (tertiary/aromatic N) is 3. The quantitative estimate of drug-likeness (QED) is 0.795. The van der Waals surface area contributed by atoms with E-state index in [1.165, 1.54) is 16.8 Å². The molecule has 0 saturated carbocycles. The molecule has 0 N–H and O–H groups in total. The SMILES string of the molecule is C(#Cc1ccccc1)CN1CCC2=C(CN(Cc3ccccc3)C=N2)C1. The minimum Gasteiger partial charge on any atom is -0.354 e. The van der Waals surface area contributed by atoms with Crippen LogP contribution in [0.2, 0.25) is 0 Å². The van der Waals surface area contributed by atoms with Crippen molar-refractivity contribution < 1.29 is 0 Å². The number of rotatable bonds is 3. The van der Waals surface area contributed by atoms with Gasteiger partial charge in [-0.15, -0.1) is 0 Å². The van der Waals surface area contributed by atoms with Gasteiger partial charge in [0, 0.05) is 43.9 Å². The Balaban J connectivity index is 1.35. The van der Waals surface area contributed by atoms with Crippen molar-refractivity contribution in [2.45, 2.75) is 13.0 Å². The Kier molecular flexibility index (Phi) is 5.14. The Bertz CT molecular complexity index is 857. The third-order valence-corrected chi connectivity index (χ3v) is 4.80. The molecule has 2 aliphatic rings. The van der Waals surface area contributed by atoms with Gasteiger partial charge < -0.3 is 4.90 Å². The lowest BCUT2D eigenvalue weighted by Gasteiger charge is -2.33. The van der Waals surface area contributed by atoms with Crippen molar-refractivity contribution in [3.05, 3.63) is 83.1 Å². The predicted molar refractivity (Wildman–Crippen MR) is 107 cm³/mol. The summed E-state index contributed by atoms with van der Waals surface area (Å²) in [6.07, 6.45) is 3.04. The van der Waals surface area contributed by atoms with Crippen LogP contribution in [0.3, 0.4) is 0 Å². The minimum atomic E-state index is 0.814. The molecular formula is C23H23N3. The monoisotopic (exact) mass is 341 g/mol. The number of aliphatic imine (C=N–C) groups is 1. The Morgan fingerprint density at radius 1 is 0.923 bits per heavy atom. The molecule has 0 saturated heterocycles. The van der Waals surface area contributed by atoms with Crippen molar-refractivity contribution in [3.8, 4) is 11.8 Å². The summed E-state index contributed by atoms with van der Waals surface area (Å²) in [5.41, 5.74) is 5.13. The first-order chi connectivity index (χ1) is 12.9. The first kappa shape index (κ1) is 16.6. The smallest absolute Gasteiger partial charge is 0.0914 e. The molecule has 3 heteroatoms. The van der Waals surface area contributed by atoms with Crippen molar-refractivity contribution in [2.24, 2.45) is 4.99 Å². The minimum absolute atomic E-state index is 0.814. The third kappa shape index (κ3) is 4.22. The lowest BCUT2D eigenvalue weighted by Crippen LogP contribution is -2.38. The lowest BCUT2D eigenvalue weighted by molar-refractivity contribution is 0.300. The van der Waals surface area contributed by atoms with Crippen LogP contribution in [-0.2, 0) is 6.54 Å². The van der Waals surface area contributed by atoms with E-state index in [2.05, 4.69) is 64.1 Å². The maximum absolute atomic E-state index is 4.71. The van der Waals surface area contributed by atoms with Gasteiger partial charge in [-0.3, -0.25) is 4.90 Å². The molecule has 0 radical (unpaired) electrons. The Morgan fingerprint density at radius 2 is 1.69 bits per heavy atom. The molecule has 0 aliphatic carbocycles. The lowest BCUT2D eigenvalue weighted by atomic mass is 10.0. The Labute approximate surface area is 155 Å². The summed E-state index contributed by atoms with van der Waals surface area (Å²) < 4.78 is 0. The fraction of sp³-hybridized carbons (Fsp3) is 0.261. The first-order valence-corrected chi connectivity index (χ1v) is 9.16. The van der Waals surface area contributed by atoms with E-state index >= 15 is 0 Å². The van der Waals surface area contributed by atoms with E-state index in [0.29, 0.717) is 0 Å². The van der Waals surface area contributed by atoms with Crippen LogP contribution in [0.15, 0.2) is 76.9 Å². The molecule has 2 heterocycles. The van der Waals surface area contributed by atoms with Crippen molar-refractivity contribution in [1.29, 1.82) is 0 Å². The molecule has 2 aromatic rings. The average molecular weight is 341 g/mol. The van der Waals surface area contributed by atoms with E-state index in [1.54, 1.807) is 0 Å². The van der Waals surface area contributed by atoms with Gasteiger partial charge in [-0.2, -0.15) is 0 Å². The van der Waals surface area contributed by atoms with E-state index in [1.807, 2.05) is 24.5 Å². The summed E-state index contributed by atoms with van der Waals surface area (Å²) in [7, 11) is 0. The molecule has 130 valence electrons. The van der Waals surface area contributed by atoms with Crippen molar-refractivity contribution in [2.75, 3.05) is 26.2 Å². The summed E-state index contributed by atoms with van der Waals surface area (Å²) >= 11 is 0. The standard InChI is InChI=1S/C23H23N3/c1-3-8-20(9-4-1)12-7-14-25-15-13-23-22(17-25)18-26(19-24-23)16-21-10-5-2-6-11-21/h1-6,8-11,19H,13-18H2. The van der Waals surface area contributed by atoms with E-state index in [4.69, 9.17) is 4.99 Å². The van der Waals surface area contributed by atoms with Crippen molar-refractivity contribution in [1.82, 2.24) is 9.80 Å². The van der Waals surface area contributed by atoms with Crippen LogP contribution in [0.1, 0.15) is 17.5 Å². The largest absolute Gasteiger partial charge is 0.354 e. The number of hydrogen-bond donors (Lipinski definition) is 0. The van der Waals surface area contributed by atoms with Gasteiger partial charge >= 0.3 is 0 Å². The normalized spacial score (nSPS) is 16.8. The van der Waals surface area contributed by atoms with Crippen molar-refractivity contribution >= 4 is 6.34 Å². The molecule has 2 aromatic carbocycles. The highest BCUT2D eigenvalue weighted by atomic mass is 15.2. The third-order valence-electron chi connectivity index (χ3n) is 4.80. The summed E-state index contributed by atoms with van der Waals surface area (Å²) in [5, 5.41) is 0. The van der Waals surface area contributed by atoms with Gasteiger partial charge in [0.15, 0.2) is 0 Å². The van der Waals surface area contributed by atoms with Crippen LogP contribution in [0, 0.1) is 11.8 Å². The molecule has 4 rings (SSSR count). The molecule has 26 heavy (non-hydrogen) atoms. The molecule has 0 atom stereocenters. The zero-order chi connectivity index (χ0) is 17.6. The fourth-order valence-corrected chi connectivity index (χ4v) is 3.44. The van der Waals surface area contributed by atoms with E-state index in [-0.39, 0.29) is 0 Å². The molecule has 0 spiro atoms. The summed E-state index contributed by atoms with van der Waals surface area (Å²) in [5.74, 6) is 6.58. The maximum atomic E-state index is 4.71.